The molecule has 1 amide bonds. The first kappa shape index (κ1) is 21.9. The molecule has 0 bridgehead atoms. The van der Waals surface area contributed by atoms with E-state index in [-0.39, 0.29) is 5.57 Å². The van der Waals surface area contributed by atoms with Gasteiger partial charge in [-0.25, -0.2) is 0 Å². The van der Waals surface area contributed by atoms with E-state index in [4.69, 9.17) is 4.74 Å². The fraction of sp³-hybridized carbons (Fsp3) is 0.103. The number of anilines is 1. The Kier molecular flexibility index (Phi) is 6.52. The first-order valence-corrected chi connectivity index (χ1v) is 10.7. The van der Waals surface area contributed by atoms with Crippen molar-refractivity contribution in [2.45, 2.75) is 20.5 Å². The van der Waals surface area contributed by atoms with Crippen molar-refractivity contribution in [3.63, 3.8) is 0 Å². The molecule has 33 heavy (non-hydrogen) atoms. The Morgan fingerprint density at radius 2 is 1.73 bits per heavy atom. The number of nitrogens with zero attached hydrogens (tertiary/aromatic N) is 1. The fourth-order valence-corrected chi connectivity index (χ4v) is 3.70. The average Bonchev–Trinajstić information content (AvgIpc) is 2.83. The van der Waals surface area contributed by atoms with Crippen molar-refractivity contribution in [2.24, 2.45) is 0 Å². The molecule has 0 heterocycles. The van der Waals surface area contributed by atoms with Crippen LogP contribution in [-0.2, 0) is 11.4 Å². The van der Waals surface area contributed by atoms with E-state index in [1.165, 1.54) is 10.8 Å². The van der Waals surface area contributed by atoms with Crippen LogP contribution in [0.1, 0.15) is 22.3 Å². The Bertz CT molecular complexity index is 1370. The van der Waals surface area contributed by atoms with Crippen LogP contribution in [0.3, 0.4) is 0 Å². The molecule has 0 saturated heterocycles. The van der Waals surface area contributed by atoms with Gasteiger partial charge in [0, 0.05) is 5.69 Å². The lowest BCUT2D eigenvalue weighted by Crippen LogP contribution is -2.14. The van der Waals surface area contributed by atoms with Gasteiger partial charge in [0.2, 0.25) is 0 Å². The minimum Gasteiger partial charge on any atom is -0.489 e. The highest BCUT2D eigenvalue weighted by molar-refractivity contribution is 6.10. The first-order chi connectivity index (χ1) is 16.0. The molecule has 4 rings (SSSR count). The summed E-state index contributed by atoms with van der Waals surface area (Å²) in [6.07, 6.45) is 1.58. The Labute approximate surface area is 193 Å². The molecular weight excluding hydrogens is 408 g/mol. The average molecular weight is 433 g/mol. The van der Waals surface area contributed by atoms with Crippen LogP contribution in [0.5, 0.6) is 5.75 Å². The molecule has 0 radical (unpaired) electrons. The van der Waals surface area contributed by atoms with Gasteiger partial charge in [-0.05, 0) is 65.6 Å². The molecule has 4 aromatic carbocycles. The van der Waals surface area contributed by atoms with Gasteiger partial charge in [-0.15, -0.1) is 0 Å². The zero-order valence-electron chi connectivity index (χ0n) is 18.6. The van der Waals surface area contributed by atoms with Crippen LogP contribution in [0.15, 0.2) is 90.5 Å². The fourth-order valence-electron chi connectivity index (χ4n) is 3.70. The molecular formula is C29H24N2O2. The van der Waals surface area contributed by atoms with E-state index < -0.39 is 5.91 Å². The van der Waals surface area contributed by atoms with Crippen LogP contribution in [0, 0.1) is 25.2 Å². The summed E-state index contributed by atoms with van der Waals surface area (Å²) >= 11 is 0. The van der Waals surface area contributed by atoms with Gasteiger partial charge in [0.05, 0.1) is 0 Å². The van der Waals surface area contributed by atoms with Gasteiger partial charge in [-0.3, -0.25) is 4.79 Å². The third-order valence-electron chi connectivity index (χ3n) is 5.46. The molecule has 162 valence electrons. The van der Waals surface area contributed by atoms with Crippen LogP contribution in [0.4, 0.5) is 5.69 Å². The highest BCUT2D eigenvalue weighted by Crippen LogP contribution is 2.22. The number of aryl methyl sites for hydroxylation is 2. The normalized spacial score (nSPS) is 11.1. The first-order valence-electron chi connectivity index (χ1n) is 10.7. The van der Waals surface area contributed by atoms with Crippen LogP contribution in [-0.4, -0.2) is 5.91 Å². The molecule has 0 aliphatic rings. The maximum absolute atomic E-state index is 12.6. The Balaban J connectivity index is 1.44. The summed E-state index contributed by atoms with van der Waals surface area (Å²) in [4.78, 5) is 12.6. The van der Waals surface area contributed by atoms with Gasteiger partial charge in [-0.1, -0.05) is 72.3 Å². The second-order valence-electron chi connectivity index (χ2n) is 7.94. The molecule has 4 aromatic rings. The van der Waals surface area contributed by atoms with E-state index in [0.29, 0.717) is 12.3 Å². The minimum absolute atomic E-state index is 0.0411. The predicted molar refractivity (Wildman–Crippen MR) is 133 cm³/mol. The highest BCUT2D eigenvalue weighted by Gasteiger charge is 2.11. The summed E-state index contributed by atoms with van der Waals surface area (Å²) in [5.74, 6) is 0.291. The molecule has 0 spiro atoms. The number of ether oxygens (including phenoxy) is 1. The summed E-state index contributed by atoms with van der Waals surface area (Å²) in [7, 11) is 0. The van der Waals surface area contributed by atoms with Crippen molar-refractivity contribution < 1.29 is 9.53 Å². The van der Waals surface area contributed by atoms with E-state index in [0.717, 1.165) is 28.0 Å². The molecule has 0 atom stereocenters. The molecule has 4 nitrogen and oxygen atoms in total. The summed E-state index contributed by atoms with van der Waals surface area (Å²) in [5, 5.41) is 14.7. The number of rotatable bonds is 6. The van der Waals surface area contributed by atoms with E-state index in [1.807, 2.05) is 80.6 Å². The van der Waals surface area contributed by atoms with Crippen molar-refractivity contribution in [3.05, 3.63) is 113 Å². The topological polar surface area (TPSA) is 62.1 Å². The van der Waals surface area contributed by atoms with Crippen LogP contribution < -0.4 is 10.1 Å². The SMILES string of the molecule is Cc1ccc(NC(=O)/C(C#N)=C/c2ccc(OCc3cccc4ccccc34)cc2)c(C)c1. The third-order valence-corrected chi connectivity index (χ3v) is 5.46. The van der Waals surface area contributed by atoms with E-state index >= 15 is 0 Å². The molecule has 1 N–H and O–H groups in total. The van der Waals surface area contributed by atoms with Gasteiger partial charge in [-0.2, -0.15) is 5.26 Å². The van der Waals surface area contributed by atoms with Crippen LogP contribution in [0.25, 0.3) is 16.8 Å². The lowest BCUT2D eigenvalue weighted by Gasteiger charge is -2.10. The van der Waals surface area contributed by atoms with E-state index in [9.17, 15) is 10.1 Å². The summed E-state index contributed by atoms with van der Waals surface area (Å²) < 4.78 is 5.97. The lowest BCUT2D eigenvalue weighted by molar-refractivity contribution is -0.112. The molecule has 0 aliphatic carbocycles. The predicted octanol–water partition coefficient (Wildman–Crippen LogP) is 6.58. The second kappa shape index (κ2) is 9.84. The Morgan fingerprint density at radius 1 is 0.970 bits per heavy atom. The van der Waals surface area contributed by atoms with E-state index in [1.54, 1.807) is 6.08 Å². The highest BCUT2D eigenvalue weighted by atomic mass is 16.5. The van der Waals surface area contributed by atoms with Crippen molar-refractivity contribution in [3.8, 4) is 11.8 Å². The van der Waals surface area contributed by atoms with Gasteiger partial charge in [0.25, 0.3) is 5.91 Å². The monoisotopic (exact) mass is 432 g/mol. The number of carbonyl (C=O) groups is 1. The van der Waals surface area contributed by atoms with Crippen LogP contribution >= 0.6 is 0 Å². The third kappa shape index (κ3) is 5.28. The Hall–Kier alpha value is -4.36. The lowest BCUT2D eigenvalue weighted by atomic mass is 10.1. The van der Waals surface area contributed by atoms with Gasteiger partial charge in [0.1, 0.15) is 24.0 Å². The maximum Gasteiger partial charge on any atom is 0.266 e. The number of benzene rings is 4. The maximum atomic E-state index is 12.6. The van der Waals surface area contributed by atoms with Crippen molar-refractivity contribution in [2.75, 3.05) is 5.32 Å². The number of fused-ring (bicyclic) bond motifs is 1. The summed E-state index contributed by atoms with van der Waals surface area (Å²) in [6.45, 7) is 4.38. The zero-order chi connectivity index (χ0) is 23.2. The minimum atomic E-state index is -0.430. The standard InChI is InChI=1S/C29H24N2O2/c1-20-10-15-28(21(2)16-20)31-29(32)25(18-30)17-22-11-13-26(14-12-22)33-19-24-8-5-7-23-6-3-4-9-27(23)24/h3-17H,19H2,1-2H3,(H,31,32)/b25-17+. The number of hydrogen-bond acceptors (Lipinski definition) is 3. The number of nitriles is 1. The van der Waals surface area contributed by atoms with Crippen molar-refractivity contribution in [1.29, 1.82) is 5.26 Å². The summed E-state index contributed by atoms with van der Waals surface area (Å²) in [5.41, 5.74) is 4.67. The summed E-state index contributed by atoms with van der Waals surface area (Å²) in [6, 6.07) is 29.5. The van der Waals surface area contributed by atoms with Gasteiger partial charge < -0.3 is 10.1 Å². The molecule has 0 fully saturated rings. The number of carbonyl (C=O) groups excluding carboxylic acids is 1. The van der Waals surface area contributed by atoms with E-state index in [2.05, 4.69) is 29.6 Å². The number of nitrogens with one attached hydrogen (secondary N) is 1. The second-order valence-corrected chi connectivity index (χ2v) is 7.94. The molecule has 4 heteroatoms. The van der Waals surface area contributed by atoms with Gasteiger partial charge in [0.15, 0.2) is 0 Å². The number of amides is 1. The molecule has 0 aromatic heterocycles. The molecule has 0 unspecified atom stereocenters. The van der Waals surface area contributed by atoms with Crippen molar-refractivity contribution >= 4 is 28.4 Å². The van der Waals surface area contributed by atoms with Crippen molar-refractivity contribution in [1.82, 2.24) is 0 Å². The number of hydrogen-bond donors (Lipinski definition) is 1. The van der Waals surface area contributed by atoms with Crippen LogP contribution in [0.2, 0.25) is 0 Å². The Morgan fingerprint density at radius 3 is 2.48 bits per heavy atom. The zero-order valence-corrected chi connectivity index (χ0v) is 18.6. The van der Waals surface area contributed by atoms with Gasteiger partial charge >= 0.3 is 0 Å². The molecule has 0 saturated carbocycles. The largest absolute Gasteiger partial charge is 0.489 e. The molecule has 0 aliphatic heterocycles. The quantitative estimate of drug-likeness (QED) is 0.276. The smallest absolute Gasteiger partial charge is 0.266 e.